The molecule has 0 aliphatic carbocycles. The van der Waals surface area contributed by atoms with Crippen LogP contribution in [0.5, 0.6) is 0 Å². The van der Waals surface area contributed by atoms with Crippen molar-refractivity contribution in [3.8, 4) is 0 Å². The van der Waals surface area contributed by atoms with E-state index >= 15 is 0 Å². The summed E-state index contributed by atoms with van der Waals surface area (Å²) in [6, 6.07) is 0.281. The van der Waals surface area contributed by atoms with Crippen molar-refractivity contribution in [1.82, 2.24) is 10.6 Å². The van der Waals surface area contributed by atoms with Crippen molar-refractivity contribution in [3.05, 3.63) is 0 Å². The van der Waals surface area contributed by atoms with Crippen LogP contribution in [0.25, 0.3) is 0 Å². The molecule has 2 rings (SSSR count). The summed E-state index contributed by atoms with van der Waals surface area (Å²) in [4.78, 5) is 11.6. The molecule has 1 spiro atoms. The van der Waals surface area contributed by atoms with Crippen molar-refractivity contribution >= 4 is 6.03 Å². The molecule has 0 aromatic carbocycles. The first-order valence-electron chi connectivity index (χ1n) is 6.38. The van der Waals surface area contributed by atoms with Gasteiger partial charge in [0.15, 0.2) is 0 Å². The number of hydrogen-bond acceptors (Lipinski definition) is 3. The summed E-state index contributed by atoms with van der Waals surface area (Å²) in [5.41, 5.74) is -0.145. The number of amides is 2. The molecular formula is C12H22N2O3. The average molecular weight is 242 g/mol. The third kappa shape index (κ3) is 3.33. The predicted molar refractivity (Wildman–Crippen MR) is 63.9 cm³/mol. The molecule has 2 atom stereocenters. The van der Waals surface area contributed by atoms with Crippen LogP contribution in [0.4, 0.5) is 4.79 Å². The lowest BCUT2D eigenvalue weighted by atomic mass is 9.90. The van der Waals surface area contributed by atoms with Gasteiger partial charge in [0, 0.05) is 31.7 Å². The maximum absolute atomic E-state index is 11.6. The Hall–Kier alpha value is -0.810. The molecule has 98 valence electrons. The Kier molecular flexibility index (Phi) is 3.89. The summed E-state index contributed by atoms with van der Waals surface area (Å²) in [5.74, 6) is 0. The van der Waals surface area contributed by atoms with Gasteiger partial charge in [-0.25, -0.2) is 4.79 Å². The zero-order valence-corrected chi connectivity index (χ0v) is 10.6. The topological polar surface area (TPSA) is 59.6 Å². The van der Waals surface area contributed by atoms with Crippen LogP contribution >= 0.6 is 0 Å². The number of ether oxygens (including phenoxy) is 2. The van der Waals surface area contributed by atoms with Gasteiger partial charge < -0.3 is 20.1 Å². The summed E-state index contributed by atoms with van der Waals surface area (Å²) in [6.45, 7) is 6.05. The Labute approximate surface area is 102 Å². The fourth-order valence-corrected chi connectivity index (χ4v) is 2.50. The summed E-state index contributed by atoms with van der Waals surface area (Å²) in [6.07, 6.45) is 2.68. The molecule has 0 aromatic rings. The minimum atomic E-state index is -0.145. The minimum Gasteiger partial charge on any atom is -0.378 e. The quantitative estimate of drug-likeness (QED) is 0.760. The molecule has 2 saturated heterocycles. The normalized spacial score (nSPS) is 33.0. The van der Waals surface area contributed by atoms with Gasteiger partial charge in [-0.05, 0) is 26.7 Å². The number of rotatable bonds is 2. The summed E-state index contributed by atoms with van der Waals surface area (Å²) >= 11 is 0. The number of urea groups is 1. The van der Waals surface area contributed by atoms with Crippen LogP contribution in [0.3, 0.4) is 0 Å². The highest BCUT2D eigenvalue weighted by Crippen LogP contribution is 2.32. The fraction of sp³-hybridized carbons (Fsp3) is 0.917. The molecule has 0 saturated carbocycles. The molecule has 2 aliphatic heterocycles. The molecule has 5 nitrogen and oxygen atoms in total. The molecular weight excluding hydrogens is 220 g/mol. The third-order valence-corrected chi connectivity index (χ3v) is 3.32. The number of hydrogen-bond donors (Lipinski definition) is 2. The van der Waals surface area contributed by atoms with Crippen molar-refractivity contribution in [3.63, 3.8) is 0 Å². The average Bonchev–Trinajstić information content (AvgIpc) is 2.64. The van der Waals surface area contributed by atoms with Crippen LogP contribution in [0, 0.1) is 0 Å². The third-order valence-electron chi connectivity index (χ3n) is 3.32. The highest BCUT2D eigenvalue weighted by atomic mass is 16.6. The molecule has 2 N–H and O–H groups in total. The van der Waals surface area contributed by atoms with Crippen LogP contribution in [-0.4, -0.2) is 43.5 Å². The number of carbonyl (C=O) groups is 1. The lowest BCUT2D eigenvalue weighted by Crippen LogP contribution is -2.52. The Morgan fingerprint density at radius 2 is 2.24 bits per heavy atom. The monoisotopic (exact) mass is 242 g/mol. The second kappa shape index (κ2) is 5.23. The van der Waals surface area contributed by atoms with Crippen LogP contribution in [0.15, 0.2) is 0 Å². The highest BCUT2D eigenvalue weighted by Gasteiger charge is 2.41. The van der Waals surface area contributed by atoms with Gasteiger partial charge in [-0.2, -0.15) is 0 Å². The van der Waals surface area contributed by atoms with Crippen molar-refractivity contribution in [1.29, 1.82) is 0 Å². The first-order valence-corrected chi connectivity index (χ1v) is 6.38. The highest BCUT2D eigenvalue weighted by molar-refractivity contribution is 5.74. The number of nitrogens with one attached hydrogen (secondary N) is 2. The summed E-state index contributed by atoms with van der Waals surface area (Å²) in [5, 5.41) is 5.86. The van der Waals surface area contributed by atoms with Gasteiger partial charge in [0.1, 0.15) is 0 Å². The molecule has 2 aliphatic rings. The van der Waals surface area contributed by atoms with E-state index in [0.29, 0.717) is 13.2 Å². The molecule has 17 heavy (non-hydrogen) atoms. The summed E-state index contributed by atoms with van der Waals surface area (Å²) < 4.78 is 11.2. The first kappa shape index (κ1) is 12.6. The lowest BCUT2D eigenvalue weighted by Gasteiger charge is -2.37. The van der Waals surface area contributed by atoms with Gasteiger partial charge in [0.2, 0.25) is 0 Å². The SMILES string of the molecule is CC(C)NC(=O)N[C@@H]1CCO[C@]2(CCOC2)C1. The number of carbonyl (C=O) groups excluding carboxylic acids is 1. The minimum absolute atomic E-state index is 0.0824. The van der Waals surface area contributed by atoms with Crippen molar-refractivity contribution < 1.29 is 14.3 Å². The largest absolute Gasteiger partial charge is 0.378 e. The Morgan fingerprint density at radius 1 is 1.41 bits per heavy atom. The maximum atomic E-state index is 11.6. The van der Waals surface area contributed by atoms with E-state index in [-0.39, 0.29) is 23.7 Å². The van der Waals surface area contributed by atoms with Crippen LogP contribution in [-0.2, 0) is 9.47 Å². The van der Waals surface area contributed by atoms with Crippen molar-refractivity contribution in [2.24, 2.45) is 0 Å². The van der Waals surface area contributed by atoms with Gasteiger partial charge in [0.25, 0.3) is 0 Å². The Bertz CT molecular complexity index is 275. The van der Waals surface area contributed by atoms with E-state index in [4.69, 9.17) is 9.47 Å². The molecule has 0 unspecified atom stereocenters. The van der Waals surface area contributed by atoms with Crippen molar-refractivity contribution in [2.75, 3.05) is 19.8 Å². The standard InChI is InChI=1S/C12H22N2O3/c1-9(2)13-11(15)14-10-3-5-17-12(7-10)4-6-16-8-12/h9-10H,3-8H2,1-2H3,(H2,13,14,15)/t10-,12-/m1/s1. The Balaban J connectivity index is 1.83. The van der Waals surface area contributed by atoms with E-state index < -0.39 is 0 Å². The van der Waals surface area contributed by atoms with Crippen LogP contribution < -0.4 is 10.6 Å². The maximum Gasteiger partial charge on any atom is 0.315 e. The van der Waals surface area contributed by atoms with Gasteiger partial charge in [0.05, 0.1) is 12.2 Å². The van der Waals surface area contributed by atoms with E-state index in [9.17, 15) is 4.79 Å². The second-order valence-corrected chi connectivity index (χ2v) is 5.30. The first-order chi connectivity index (χ1) is 8.10. The van der Waals surface area contributed by atoms with Gasteiger partial charge >= 0.3 is 6.03 Å². The smallest absolute Gasteiger partial charge is 0.315 e. The van der Waals surface area contributed by atoms with Gasteiger partial charge in [-0.1, -0.05) is 0 Å². The fourth-order valence-electron chi connectivity index (χ4n) is 2.50. The zero-order chi connectivity index (χ0) is 12.3. The van der Waals surface area contributed by atoms with Gasteiger partial charge in [-0.15, -0.1) is 0 Å². The van der Waals surface area contributed by atoms with E-state index in [2.05, 4.69) is 10.6 Å². The van der Waals surface area contributed by atoms with E-state index in [1.807, 2.05) is 13.8 Å². The molecule has 2 fully saturated rings. The van der Waals surface area contributed by atoms with Crippen LogP contribution in [0.1, 0.15) is 33.1 Å². The lowest BCUT2D eigenvalue weighted by molar-refractivity contribution is -0.0878. The molecule has 2 amide bonds. The molecule has 2 heterocycles. The molecule has 5 heteroatoms. The van der Waals surface area contributed by atoms with E-state index in [1.54, 1.807) is 0 Å². The van der Waals surface area contributed by atoms with E-state index in [1.165, 1.54) is 0 Å². The van der Waals surface area contributed by atoms with Gasteiger partial charge in [-0.3, -0.25) is 0 Å². The zero-order valence-electron chi connectivity index (χ0n) is 10.6. The van der Waals surface area contributed by atoms with Crippen LogP contribution in [0.2, 0.25) is 0 Å². The van der Waals surface area contributed by atoms with Crippen molar-refractivity contribution in [2.45, 2.75) is 50.8 Å². The Morgan fingerprint density at radius 3 is 2.88 bits per heavy atom. The van der Waals surface area contributed by atoms with E-state index in [0.717, 1.165) is 25.9 Å². The summed E-state index contributed by atoms with van der Waals surface area (Å²) in [7, 11) is 0. The molecule has 0 radical (unpaired) electrons. The molecule has 0 bridgehead atoms. The second-order valence-electron chi connectivity index (χ2n) is 5.30. The predicted octanol–water partition coefficient (Wildman–Crippen LogP) is 1.03. The molecule has 0 aromatic heterocycles.